The summed E-state index contributed by atoms with van der Waals surface area (Å²) in [5.41, 5.74) is -0.503. The topological polar surface area (TPSA) is 32.3 Å². The van der Waals surface area contributed by atoms with Gasteiger partial charge in [0.25, 0.3) is 5.91 Å². The van der Waals surface area contributed by atoms with Gasteiger partial charge < -0.3 is 5.32 Å². The average Bonchev–Trinajstić information content (AvgIpc) is 2.45. The molecule has 1 saturated heterocycles. The fourth-order valence-corrected chi connectivity index (χ4v) is 2.64. The minimum atomic E-state index is -0.827. The number of halogens is 2. The highest BCUT2D eigenvalue weighted by atomic mass is 19.1. The summed E-state index contributed by atoms with van der Waals surface area (Å²) >= 11 is 0. The van der Waals surface area contributed by atoms with Gasteiger partial charge in [-0.05, 0) is 50.9 Å². The Kier molecular flexibility index (Phi) is 5.28. The smallest absolute Gasteiger partial charge is 0.257 e. The molecular formula is C16H22F2N2O. The lowest BCUT2D eigenvalue weighted by Crippen LogP contribution is -2.45. The maximum absolute atomic E-state index is 13.5. The molecular weight excluding hydrogens is 274 g/mol. The molecule has 5 heteroatoms. The van der Waals surface area contributed by atoms with Crippen LogP contribution in [0.25, 0.3) is 0 Å². The van der Waals surface area contributed by atoms with Gasteiger partial charge in [-0.15, -0.1) is 0 Å². The molecule has 21 heavy (non-hydrogen) atoms. The lowest BCUT2D eigenvalue weighted by molar-refractivity contribution is 0.0913. The van der Waals surface area contributed by atoms with Crippen molar-refractivity contribution in [2.75, 3.05) is 19.6 Å². The first-order chi connectivity index (χ1) is 9.99. The van der Waals surface area contributed by atoms with Gasteiger partial charge in [0, 0.05) is 12.6 Å². The maximum atomic E-state index is 13.5. The monoisotopic (exact) mass is 296 g/mol. The molecule has 1 amide bonds. The summed E-state index contributed by atoms with van der Waals surface area (Å²) in [5, 5.41) is 2.63. The number of hydrogen-bond donors (Lipinski definition) is 1. The Morgan fingerprint density at radius 3 is 2.48 bits per heavy atom. The van der Waals surface area contributed by atoms with E-state index >= 15 is 0 Å². The van der Waals surface area contributed by atoms with Gasteiger partial charge in [-0.2, -0.15) is 0 Å². The number of benzene rings is 1. The number of carbonyl (C=O) groups excluding carboxylic acids is 1. The van der Waals surface area contributed by atoms with Gasteiger partial charge in [0.05, 0.1) is 0 Å². The standard InChI is InChI=1S/C16H22F2N2O/c1-11-6-8-20(9-7-11)12(2)10-19-16(21)15-13(17)4-3-5-14(15)18/h3-5,11-12H,6-10H2,1-2H3,(H,19,21). The Hall–Kier alpha value is -1.49. The van der Waals surface area contributed by atoms with E-state index in [0.29, 0.717) is 6.54 Å². The third-order valence-electron chi connectivity index (χ3n) is 4.19. The Bertz CT molecular complexity index is 479. The molecule has 0 radical (unpaired) electrons. The summed E-state index contributed by atoms with van der Waals surface area (Å²) in [7, 11) is 0. The number of nitrogens with one attached hydrogen (secondary N) is 1. The number of carbonyl (C=O) groups is 1. The van der Waals surface area contributed by atoms with Crippen LogP contribution in [-0.4, -0.2) is 36.5 Å². The van der Waals surface area contributed by atoms with Gasteiger partial charge in [-0.3, -0.25) is 9.69 Å². The highest BCUT2D eigenvalue weighted by Gasteiger charge is 2.22. The van der Waals surface area contributed by atoms with Crippen LogP contribution in [0.1, 0.15) is 37.0 Å². The number of rotatable bonds is 4. The largest absolute Gasteiger partial charge is 0.350 e. The molecule has 0 bridgehead atoms. The highest BCUT2D eigenvalue weighted by molar-refractivity contribution is 5.94. The molecule has 1 aromatic rings. The predicted octanol–water partition coefficient (Wildman–Crippen LogP) is 2.82. The van der Waals surface area contributed by atoms with Crippen molar-refractivity contribution in [1.29, 1.82) is 0 Å². The van der Waals surface area contributed by atoms with Crippen LogP contribution in [0.3, 0.4) is 0 Å². The van der Waals surface area contributed by atoms with Gasteiger partial charge in [-0.1, -0.05) is 13.0 Å². The van der Waals surface area contributed by atoms with Crippen molar-refractivity contribution >= 4 is 5.91 Å². The first-order valence-electron chi connectivity index (χ1n) is 7.45. The molecule has 1 N–H and O–H groups in total. The first kappa shape index (κ1) is 15.9. The van der Waals surface area contributed by atoms with E-state index in [0.717, 1.165) is 44.0 Å². The maximum Gasteiger partial charge on any atom is 0.257 e. The molecule has 0 aliphatic carbocycles. The van der Waals surface area contributed by atoms with E-state index in [1.54, 1.807) is 0 Å². The fourth-order valence-electron chi connectivity index (χ4n) is 2.64. The number of likely N-dealkylation sites (tertiary alicyclic amines) is 1. The molecule has 1 unspecified atom stereocenters. The van der Waals surface area contributed by atoms with E-state index in [2.05, 4.69) is 17.1 Å². The molecule has 116 valence electrons. The molecule has 0 spiro atoms. The average molecular weight is 296 g/mol. The summed E-state index contributed by atoms with van der Waals surface area (Å²) in [6.07, 6.45) is 2.31. The predicted molar refractivity (Wildman–Crippen MR) is 78.1 cm³/mol. The first-order valence-corrected chi connectivity index (χ1v) is 7.45. The van der Waals surface area contributed by atoms with Crippen LogP contribution in [0.4, 0.5) is 8.78 Å². The molecule has 1 fully saturated rings. The molecule has 0 saturated carbocycles. The Morgan fingerprint density at radius 2 is 1.90 bits per heavy atom. The molecule has 3 nitrogen and oxygen atoms in total. The van der Waals surface area contributed by atoms with Crippen molar-refractivity contribution < 1.29 is 13.6 Å². The molecule has 1 heterocycles. The van der Waals surface area contributed by atoms with Crippen LogP contribution in [0.15, 0.2) is 18.2 Å². The van der Waals surface area contributed by atoms with Crippen LogP contribution in [0.2, 0.25) is 0 Å². The second-order valence-corrected chi connectivity index (χ2v) is 5.87. The normalized spacial score (nSPS) is 18.5. The van der Waals surface area contributed by atoms with Crippen molar-refractivity contribution in [3.8, 4) is 0 Å². The summed E-state index contributed by atoms with van der Waals surface area (Å²) in [4.78, 5) is 14.2. The van der Waals surface area contributed by atoms with Gasteiger partial charge >= 0.3 is 0 Å². The van der Waals surface area contributed by atoms with Crippen molar-refractivity contribution in [3.63, 3.8) is 0 Å². The van der Waals surface area contributed by atoms with Gasteiger partial charge in [0.15, 0.2) is 0 Å². The second-order valence-electron chi connectivity index (χ2n) is 5.87. The Morgan fingerprint density at radius 1 is 1.33 bits per heavy atom. The van der Waals surface area contributed by atoms with Crippen molar-refractivity contribution in [2.45, 2.75) is 32.7 Å². The zero-order chi connectivity index (χ0) is 15.4. The lowest BCUT2D eigenvalue weighted by Gasteiger charge is -2.35. The van der Waals surface area contributed by atoms with Crippen molar-refractivity contribution in [2.24, 2.45) is 5.92 Å². The molecule has 1 aromatic carbocycles. The van der Waals surface area contributed by atoms with E-state index in [4.69, 9.17) is 0 Å². The minimum absolute atomic E-state index is 0.163. The van der Waals surface area contributed by atoms with E-state index < -0.39 is 23.1 Å². The van der Waals surface area contributed by atoms with Crippen LogP contribution in [0.5, 0.6) is 0 Å². The molecule has 1 aliphatic heterocycles. The quantitative estimate of drug-likeness (QED) is 0.926. The Balaban J connectivity index is 1.89. The molecule has 2 rings (SSSR count). The zero-order valence-corrected chi connectivity index (χ0v) is 12.5. The lowest BCUT2D eigenvalue weighted by atomic mass is 9.98. The third-order valence-corrected chi connectivity index (χ3v) is 4.19. The molecule has 1 atom stereocenters. The molecule has 1 aliphatic rings. The SMILES string of the molecule is CC1CCN(C(C)CNC(=O)c2c(F)cccc2F)CC1. The number of nitrogens with zero attached hydrogens (tertiary/aromatic N) is 1. The zero-order valence-electron chi connectivity index (χ0n) is 12.5. The van der Waals surface area contributed by atoms with E-state index in [1.807, 2.05) is 6.92 Å². The number of hydrogen-bond acceptors (Lipinski definition) is 2. The summed E-state index contributed by atoms with van der Waals surface area (Å²) in [6, 6.07) is 3.59. The molecule has 0 aromatic heterocycles. The Labute approximate surface area is 124 Å². The second kappa shape index (κ2) is 6.98. The van der Waals surface area contributed by atoms with Crippen LogP contribution < -0.4 is 5.32 Å². The minimum Gasteiger partial charge on any atom is -0.350 e. The van der Waals surface area contributed by atoms with Crippen LogP contribution >= 0.6 is 0 Å². The van der Waals surface area contributed by atoms with Gasteiger partial charge in [0.1, 0.15) is 17.2 Å². The number of piperidine rings is 1. The highest BCUT2D eigenvalue weighted by Crippen LogP contribution is 2.18. The van der Waals surface area contributed by atoms with Crippen LogP contribution in [0, 0.1) is 17.6 Å². The summed E-state index contributed by atoms with van der Waals surface area (Å²) < 4.78 is 27.0. The van der Waals surface area contributed by atoms with Crippen LogP contribution in [-0.2, 0) is 0 Å². The van der Waals surface area contributed by atoms with E-state index in [1.165, 1.54) is 6.07 Å². The van der Waals surface area contributed by atoms with Crippen molar-refractivity contribution in [1.82, 2.24) is 10.2 Å². The van der Waals surface area contributed by atoms with E-state index in [-0.39, 0.29) is 6.04 Å². The van der Waals surface area contributed by atoms with Gasteiger partial charge in [-0.25, -0.2) is 8.78 Å². The summed E-state index contributed by atoms with van der Waals surface area (Å²) in [6.45, 7) is 6.66. The summed E-state index contributed by atoms with van der Waals surface area (Å²) in [5.74, 6) is -1.60. The fraction of sp³-hybridized carbons (Fsp3) is 0.562. The number of amides is 1. The van der Waals surface area contributed by atoms with E-state index in [9.17, 15) is 13.6 Å². The van der Waals surface area contributed by atoms with Crippen molar-refractivity contribution in [3.05, 3.63) is 35.4 Å². The van der Waals surface area contributed by atoms with Gasteiger partial charge in [0.2, 0.25) is 0 Å². The third kappa shape index (κ3) is 4.00.